The summed E-state index contributed by atoms with van der Waals surface area (Å²) >= 11 is 0. The minimum absolute atomic E-state index is 0.0191. The fourth-order valence-electron chi connectivity index (χ4n) is 3.83. The van der Waals surface area contributed by atoms with E-state index in [1.807, 2.05) is 34.7 Å². The molecule has 0 spiro atoms. The summed E-state index contributed by atoms with van der Waals surface area (Å²) < 4.78 is 1.90. The molecule has 1 aliphatic rings. The molecular formula is C22H23N9O. The zero-order valence-electron chi connectivity index (χ0n) is 17.7. The maximum atomic E-state index is 12.7. The number of fused-ring (bicyclic) bond motifs is 1. The Morgan fingerprint density at radius 2 is 1.88 bits per heavy atom. The maximum absolute atomic E-state index is 12.7. The summed E-state index contributed by atoms with van der Waals surface area (Å²) in [6.45, 7) is 2.71. The molecule has 0 aromatic carbocycles. The van der Waals surface area contributed by atoms with E-state index in [2.05, 4.69) is 47.3 Å². The summed E-state index contributed by atoms with van der Waals surface area (Å²) in [6, 6.07) is 11.0. The molecule has 1 saturated heterocycles. The SMILES string of the molecule is CN1CCN(c2ncccn2)C[C@@H]1c1nnc2ccc(C(=O)NCc3ccccn3)cn12. The Morgan fingerprint density at radius 1 is 1.03 bits per heavy atom. The van der Waals surface area contributed by atoms with Gasteiger partial charge in [0.15, 0.2) is 11.5 Å². The quantitative estimate of drug-likeness (QED) is 0.507. The lowest BCUT2D eigenvalue weighted by molar-refractivity contribution is 0.0950. The van der Waals surface area contributed by atoms with E-state index in [1.54, 1.807) is 30.9 Å². The normalized spacial score (nSPS) is 16.9. The summed E-state index contributed by atoms with van der Waals surface area (Å²) in [5.41, 5.74) is 2.04. The molecule has 32 heavy (non-hydrogen) atoms. The highest BCUT2D eigenvalue weighted by molar-refractivity contribution is 5.94. The van der Waals surface area contributed by atoms with Crippen LogP contribution in [0.2, 0.25) is 0 Å². The van der Waals surface area contributed by atoms with Crippen LogP contribution >= 0.6 is 0 Å². The zero-order chi connectivity index (χ0) is 21.9. The van der Waals surface area contributed by atoms with E-state index in [-0.39, 0.29) is 11.9 Å². The van der Waals surface area contributed by atoms with Gasteiger partial charge in [-0.15, -0.1) is 10.2 Å². The van der Waals surface area contributed by atoms with Crippen molar-refractivity contribution in [3.8, 4) is 0 Å². The van der Waals surface area contributed by atoms with Gasteiger partial charge >= 0.3 is 0 Å². The van der Waals surface area contributed by atoms with Crippen molar-refractivity contribution < 1.29 is 4.79 Å². The summed E-state index contributed by atoms with van der Waals surface area (Å²) in [6.07, 6.45) is 7.00. The third-order valence-electron chi connectivity index (χ3n) is 5.63. The predicted octanol–water partition coefficient (Wildman–Crippen LogP) is 1.34. The van der Waals surface area contributed by atoms with Crippen LogP contribution in [-0.2, 0) is 6.54 Å². The van der Waals surface area contributed by atoms with Gasteiger partial charge in [-0.25, -0.2) is 9.97 Å². The minimum atomic E-state index is -0.173. The minimum Gasteiger partial charge on any atom is -0.346 e. The molecule has 1 aliphatic heterocycles. The summed E-state index contributed by atoms with van der Waals surface area (Å²) in [5, 5.41) is 11.7. The lowest BCUT2D eigenvalue weighted by atomic mass is 10.1. The predicted molar refractivity (Wildman–Crippen MR) is 118 cm³/mol. The summed E-state index contributed by atoms with van der Waals surface area (Å²) in [7, 11) is 2.07. The molecule has 5 rings (SSSR count). The standard InChI is InChI=1S/C22H23N9O/c1-29-11-12-30(22-24-9-4-10-25-22)15-18(29)20-28-27-19-7-6-16(14-31(19)20)21(32)26-13-17-5-2-3-8-23-17/h2-10,14,18H,11-13,15H2,1H3,(H,26,32)/t18-/m1/s1. The molecule has 0 bridgehead atoms. The van der Waals surface area contributed by atoms with E-state index >= 15 is 0 Å². The second-order valence-corrected chi connectivity index (χ2v) is 7.70. The van der Waals surface area contributed by atoms with Gasteiger partial charge in [-0.05, 0) is 37.4 Å². The number of rotatable bonds is 5. The van der Waals surface area contributed by atoms with Crippen LogP contribution in [-0.4, -0.2) is 67.0 Å². The third-order valence-corrected chi connectivity index (χ3v) is 5.63. The van der Waals surface area contributed by atoms with Gasteiger partial charge in [-0.2, -0.15) is 0 Å². The number of carbonyl (C=O) groups excluding carboxylic acids is 1. The maximum Gasteiger partial charge on any atom is 0.253 e. The molecule has 10 heteroatoms. The fourth-order valence-corrected chi connectivity index (χ4v) is 3.83. The van der Waals surface area contributed by atoms with Gasteiger partial charge in [0.2, 0.25) is 5.95 Å². The van der Waals surface area contributed by atoms with Crippen LogP contribution in [0, 0.1) is 0 Å². The first-order valence-electron chi connectivity index (χ1n) is 10.4. The van der Waals surface area contributed by atoms with E-state index in [9.17, 15) is 4.79 Å². The molecule has 0 unspecified atom stereocenters. The van der Waals surface area contributed by atoms with Crippen molar-refractivity contribution in [2.45, 2.75) is 12.6 Å². The monoisotopic (exact) mass is 429 g/mol. The number of likely N-dealkylation sites (N-methyl/N-ethyl adjacent to an activating group) is 1. The zero-order valence-corrected chi connectivity index (χ0v) is 17.7. The molecule has 1 atom stereocenters. The van der Waals surface area contributed by atoms with Gasteiger partial charge in [-0.3, -0.25) is 19.1 Å². The van der Waals surface area contributed by atoms with Gasteiger partial charge in [0.25, 0.3) is 5.91 Å². The number of hydrogen-bond donors (Lipinski definition) is 1. The van der Waals surface area contributed by atoms with Gasteiger partial charge in [-0.1, -0.05) is 6.07 Å². The number of carbonyl (C=O) groups is 1. The molecule has 1 amide bonds. The average Bonchev–Trinajstić information content (AvgIpc) is 3.27. The highest BCUT2D eigenvalue weighted by atomic mass is 16.1. The fraction of sp³-hybridized carbons (Fsp3) is 0.273. The van der Waals surface area contributed by atoms with Gasteiger partial charge in [0.1, 0.15) is 0 Å². The summed E-state index contributed by atoms with van der Waals surface area (Å²) in [5.74, 6) is 1.31. The molecular weight excluding hydrogens is 406 g/mol. The number of pyridine rings is 2. The first kappa shape index (κ1) is 20.0. The number of nitrogens with one attached hydrogen (secondary N) is 1. The Bertz CT molecular complexity index is 1210. The first-order chi connectivity index (χ1) is 15.7. The van der Waals surface area contributed by atoms with Crippen molar-refractivity contribution in [3.63, 3.8) is 0 Å². The number of aromatic nitrogens is 6. The van der Waals surface area contributed by atoms with Crippen LogP contribution in [0.5, 0.6) is 0 Å². The van der Waals surface area contributed by atoms with Crippen LogP contribution < -0.4 is 10.2 Å². The van der Waals surface area contributed by atoms with E-state index in [4.69, 9.17) is 0 Å². The first-order valence-corrected chi connectivity index (χ1v) is 10.4. The van der Waals surface area contributed by atoms with Crippen LogP contribution in [0.4, 0.5) is 5.95 Å². The second-order valence-electron chi connectivity index (χ2n) is 7.70. The molecule has 0 radical (unpaired) electrons. The topological polar surface area (TPSA) is 104 Å². The molecule has 10 nitrogen and oxygen atoms in total. The summed E-state index contributed by atoms with van der Waals surface area (Å²) in [4.78, 5) is 30.1. The van der Waals surface area contributed by atoms with Crippen molar-refractivity contribution in [2.75, 3.05) is 31.6 Å². The van der Waals surface area contributed by atoms with Crippen molar-refractivity contribution in [1.29, 1.82) is 0 Å². The van der Waals surface area contributed by atoms with Crippen LogP contribution in [0.15, 0.2) is 61.2 Å². The molecule has 0 saturated carbocycles. The Hall–Kier alpha value is -3.92. The Balaban J connectivity index is 1.38. The molecule has 1 fully saturated rings. The number of hydrogen-bond acceptors (Lipinski definition) is 8. The number of anilines is 1. The lowest BCUT2D eigenvalue weighted by Crippen LogP contribution is -2.47. The smallest absolute Gasteiger partial charge is 0.253 e. The van der Waals surface area contributed by atoms with Gasteiger partial charge < -0.3 is 10.2 Å². The van der Waals surface area contributed by atoms with Crippen LogP contribution in [0.1, 0.15) is 27.9 Å². The van der Waals surface area contributed by atoms with Crippen molar-refractivity contribution in [2.24, 2.45) is 0 Å². The molecule has 5 heterocycles. The van der Waals surface area contributed by atoms with Crippen LogP contribution in [0.3, 0.4) is 0 Å². The Kier molecular flexibility index (Phi) is 5.42. The van der Waals surface area contributed by atoms with E-state index in [0.717, 1.165) is 24.6 Å². The third kappa shape index (κ3) is 4.00. The Morgan fingerprint density at radius 3 is 2.69 bits per heavy atom. The lowest BCUT2D eigenvalue weighted by Gasteiger charge is -2.38. The van der Waals surface area contributed by atoms with Gasteiger partial charge in [0.05, 0.1) is 23.8 Å². The van der Waals surface area contributed by atoms with Gasteiger partial charge in [0, 0.05) is 44.4 Å². The molecule has 4 aromatic heterocycles. The van der Waals surface area contributed by atoms with Crippen molar-refractivity contribution in [3.05, 3.63) is 78.3 Å². The van der Waals surface area contributed by atoms with E-state index < -0.39 is 0 Å². The van der Waals surface area contributed by atoms with Crippen molar-refractivity contribution in [1.82, 2.24) is 39.8 Å². The highest BCUT2D eigenvalue weighted by Gasteiger charge is 2.30. The Labute approximate surface area is 185 Å². The van der Waals surface area contributed by atoms with E-state index in [0.29, 0.717) is 30.2 Å². The highest BCUT2D eigenvalue weighted by Crippen LogP contribution is 2.25. The molecule has 4 aromatic rings. The van der Waals surface area contributed by atoms with Crippen LogP contribution in [0.25, 0.3) is 5.65 Å². The van der Waals surface area contributed by atoms with E-state index in [1.165, 1.54) is 0 Å². The van der Waals surface area contributed by atoms with Crippen molar-refractivity contribution >= 4 is 17.5 Å². The number of nitrogens with zero attached hydrogens (tertiary/aromatic N) is 8. The number of amides is 1. The molecule has 162 valence electrons. The molecule has 1 N–H and O–H groups in total. The molecule has 0 aliphatic carbocycles. The largest absolute Gasteiger partial charge is 0.346 e. The second kappa shape index (κ2) is 8.67. The average molecular weight is 429 g/mol. The number of piperazine rings is 1.